The number of anilines is 2. The maximum Gasteiger partial charge on any atom is 0.299 e. The van der Waals surface area contributed by atoms with Gasteiger partial charge in [0.1, 0.15) is 11.4 Å². The van der Waals surface area contributed by atoms with Gasteiger partial charge in [0.25, 0.3) is 22.7 Å². The molecule has 3 rings (SSSR count). The van der Waals surface area contributed by atoms with Crippen LogP contribution in [0.4, 0.5) is 34.1 Å². The van der Waals surface area contributed by atoms with Gasteiger partial charge in [0.15, 0.2) is 6.29 Å². The lowest BCUT2D eigenvalue weighted by molar-refractivity contribution is -0.393. The number of benzene rings is 2. The number of rotatable bonds is 9. The zero-order valence-electron chi connectivity index (χ0n) is 17.2. The van der Waals surface area contributed by atoms with Crippen LogP contribution in [0.1, 0.15) is 12.8 Å². The molecule has 0 aromatic heterocycles. The van der Waals surface area contributed by atoms with Crippen molar-refractivity contribution in [3.05, 3.63) is 76.9 Å². The second kappa shape index (κ2) is 10.0. The first-order valence-corrected chi connectivity index (χ1v) is 9.76. The summed E-state index contributed by atoms with van der Waals surface area (Å²) >= 11 is 0. The van der Waals surface area contributed by atoms with Gasteiger partial charge in [-0.25, -0.2) is 0 Å². The highest BCUT2D eigenvalue weighted by molar-refractivity contribution is 5.66. The lowest BCUT2D eigenvalue weighted by atomic mass is 10.0. The summed E-state index contributed by atoms with van der Waals surface area (Å²) in [5.74, 6) is 0. The third kappa shape index (κ3) is 5.48. The van der Waals surface area contributed by atoms with E-state index >= 15 is 0 Å². The summed E-state index contributed by atoms with van der Waals surface area (Å²) in [4.78, 5) is 41.2. The zero-order valence-corrected chi connectivity index (χ0v) is 17.2. The summed E-state index contributed by atoms with van der Waals surface area (Å²) in [6, 6.07) is 5.46. The first-order chi connectivity index (χ1) is 16.1. The van der Waals surface area contributed by atoms with E-state index in [0.29, 0.717) is 12.8 Å². The number of nitro benzene ring substituents is 4. The fourth-order valence-electron chi connectivity index (χ4n) is 3.43. The summed E-state index contributed by atoms with van der Waals surface area (Å²) < 4.78 is 5.49. The third-order valence-electron chi connectivity index (χ3n) is 5.11. The van der Waals surface area contributed by atoms with Crippen molar-refractivity contribution in [2.75, 3.05) is 17.2 Å². The lowest BCUT2D eigenvalue weighted by Gasteiger charge is -2.34. The number of ether oxygens (including phenoxy) is 1. The predicted molar refractivity (Wildman–Crippen MR) is 116 cm³/mol. The van der Waals surface area contributed by atoms with Gasteiger partial charge in [0.05, 0.1) is 44.0 Å². The van der Waals surface area contributed by atoms with Gasteiger partial charge in [0, 0.05) is 18.7 Å². The molecule has 0 unspecified atom stereocenters. The van der Waals surface area contributed by atoms with E-state index in [1.54, 1.807) is 0 Å². The molecule has 3 atom stereocenters. The minimum absolute atomic E-state index is 0.0265. The summed E-state index contributed by atoms with van der Waals surface area (Å²) in [6.07, 6.45) is -1.34. The van der Waals surface area contributed by atoms with Crippen LogP contribution in [0.2, 0.25) is 0 Å². The molecule has 34 heavy (non-hydrogen) atoms. The van der Waals surface area contributed by atoms with E-state index in [1.165, 1.54) is 12.1 Å². The van der Waals surface area contributed by atoms with Gasteiger partial charge >= 0.3 is 0 Å². The van der Waals surface area contributed by atoms with Crippen molar-refractivity contribution in [3.63, 3.8) is 0 Å². The Morgan fingerprint density at radius 1 is 0.824 bits per heavy atom. The molecule has 0 amide bonds. The van der Waals surface area contributed by atoms with Crippen LogP contribution in [0.5, 0.6) is 0 Å². The first kappa shape index (κ1) is 24.2. The largest absolute Gasteiger partial charge is 0.377 e. The average molecular weight is 478 g/mol. The normalized spacial score (nSPS) is 19.7. The molecule has 1 aliphatic heterocycles. The molecule has 1 heterocycles. The summed E-state index contributed by atoms with van der Waals surface area (Å²) in [7, 11) is 0. The minimum Gasteiger partial charge on any atom is -0.377 e. The van der Waals surface area contributed by atoms with Gasteiger partial charge in [-0.15, -0.1) is 0 Å². The number of hydrogen-bond acceptors (Lipinski definition) is 12. The molecular formula is C18H18N6O10. The first-order valence-electron chi connectivity index (χ1n) is 9.76. The molecule has 1 fully saturated rings. The van der Waals surface area contributed by atoms with Crippen LogP contribution >= 0.6 is 0 Å². The highest BCUT2D eigenvalue weighted by atomic mass is 16.6. The van der Waals surface area contributed by atoms with E-state index in [-0.39, 0.29) is 17.9 Å². The van der Waals surface area contributed by atoms with Crippen molar-refractivity contribution < 1.29 is 29.5 Å². The van der Waals surface area contributed by atoms with Gasteiger partial charge in [-0.05, 0) is 25.0 Å². The second-order valence-corrected chi connectivity index (χ2v) is 7.29. The lowest BCUT2D eigenvalue weighted by Crippen LogP contribution is -2.45. The Hall–Kier alpha value is -4.44. The molecule has 3 N–H and O–H groups in total. The molecule has 1 saturated heterocycles. The van der Waals surface area contributed by atoms with Gasteiger partial charge in [-0.2, -0.15) is 0 Å². The molecule has 0 aliphatic carbocycles. The summed E-state index contributed by atoms with van der Waals surface area (Å²) in [5, 5.41) is 60.1. The Morgan fingerprint density at radius 2 is 1.35 bits per heavy atom. The average Bonchev–Trinajstić information content (AvgIpc) is 2.78. The molecule has 16 heteroatoms. The summed E-state index contributed by atoms with van der Waals surface area (Å²) in [6.45, 7) is 0.0418. The molecule has 1 aliphatic rings. The van der Waals surface area contributed by atoms with Crippen molar-refractivity contribution in [2.24, 2.45) is 0 Å². The molecule has 0 saturated carbocycles. The second-order valence-electron chi connectivity index (χ2n) is 7.29. The van der Waals surface area contributed by atoms with Crippen LogP contribution in [0, 0.1) is 40.5 Å². The Balaban J connectivity index is 1.64. The van der Waals surface area contributed by atoms with Crippen LogP contribution < -0.4 is 10.6 Å². The monoisotopic (exact) mass is 478 g/mol. The number of aliphatic hydroxyl groups is 1. The van der Waals surface area contributed by atoms with Crippen LogP contribution in [-0.2, 0) is 4.74 Å². The molecule has 0 bridgehead atoms. The Morgan fingerprint density at radius 3 is 1.85 bits per heavy atom. The van der Waals surface area contributed by atoms with Crippen molar-refractivity contribution in [2.45, 2.75) is 31.3 Å². The number of nitro groups is 4. The van der Waals surface area contributed by atoms with Gasteiger partial charge in [-0.1, -0.05) is 0 Å². The van der Waals surface area contributed by atoms with Crippen LogP contribution in [-0.4, -0.2) is 49.8 Å². The van der Waals surface area contributed by atoms with Gasteiger partial charge in [-0.3, -0.25) is 40.5 Å². The number of nitrogens with one attached hydrogen (secondary N) is 2. The number of aliphatic hydroxyl groups excluding tert-OH is 1. The van der Waals surface area contributed by atoms with E-state index in [2.05, 4.69) is 10.6 Å². The molecule has 2 aromatic rings. The quantitative estimate of drug-likeness (QED) is 0.349. The van der Waals surface area contributed by atoms with Gasteiger partial charge < -0.3 is 20.5 Å². The van der Waals surface area contributed by atoms with Crippen molar-refractivity contribution in [1.82, 2.24) is 0 Å². The van der Waals surface area contributed by atoms with E-state index in [1.807, 2.05) is 0 Å². The minimum atomic E-state index is -1.40. The Bertz CT molecular complexity index is 1140. The smallest absolute Gasteiger partial charge is 0.299 e. The zero-order chi connectivity index (χ0) is 25.0. The predicted octanol–water partition coefficient (Wildman–Crippen LogP) is 2.71. The van der Waals surface area contributed by atoms with E-state index in [4.69, 9.17) is 4.74 Å². The van der Waals surface area contributed by atoms with E-state index in [0.717, 1.165) is 24.3 Å². The highest BCUT2D eigenvalue weighted by Gasteiger charge is 2.32. The van der Waals surface area contributed by atoms with Crippen molar-refractivity contribution in [1.29, 1.82) is 0 Å². The highest BCUT2D eigenvalue weighted by Crippen LogP contribution is 2.32. The van der Waals surface area contributed by atoms with Crippen molar-refractivity contribution in [3.8, 4) is 0 Å². The van der Waals surface area contributed by atoms with Crippen LogP contribution in [0.3, 0.4) is 0 Å². The molecule has 2 aromatic carbocycles. The van der Waals surface area contributed by atoms with Crippen LogP contribution in [0.25, 0.3) is 0 Å². The molecule has 180 valence electrons. The van der Waals surface area contributed by atoms with Gasteiger partial charge in [0.2, 0.25) is 0 Å². The topological polar surface area (TPSA) is 226 Å². The Kier molecular flexibility index (Phi) is 7.12. The summed E-state index contributed by atoms with van der Waals surface area (Å²) in [5.41, 5.74) is -1.90. The number of hydrogen-bond donors (Lipinski definition) is 3. The SMILES string of the molecule is O=[N+]([O-])c1ccc(NC[C@H]2CC[C@H](Nc3ccc([N+](=O)[O-])cc3[N+](=O)[O-])[C@H](O)O2)c([N+](=O)[O-])c1. The molecular weight excluding hydrogens is 460 g/mol. The number of non-ortho nitro benzene ring substituents is 2. The fourth-order valence-corrected chi connectivity index (χ4v) is 3.43. The van der Waals surface area contributed by atoms with Crippen LogP contribution in [0.15, 0.2) is 36.4 Å². The fraction of sp³-hybridized carbons (Fsp3) is 0.333. The standard InChI is InChI=1S/C18H18N6O10/c25-18-15(20-14-5-2-11(22(28)29)8-17(14)24(32)33)6-3-12(34-18)9-19-13-4-1-10(21(26)27)7-16(13)23(30)31/h1-2,4-5,7-8,12,15,18-20,25H,3,6,9H2/t12-,15+,18-/m1/s1. The van der Waals surface area contributed by atoms with E-state index in [9.17, 15) is 45.6 Å². The molecule has 0 spiro atoms. The third-order valence-corrected chi connectivity index (χ3v) is 5.11. The Labute approximate surface area is 189 Å². The molecule has 16 nitrogen and oxygen atoms in total. The molecule has 0 radical (unpaired) electrons. The number of nitrogens with zero attached hydrogens (tertiary/aromatic N) is 4. The maximum absolute atomic E-state index is 11.3. The van der Waals surface area contributed by atoms with E-state index < -0.39 is 60.9 Å². The maximum atomic E-state index is 11.3. The van der Waals surface area contributed by atoms with Crippen molar-refractivity contribution >= 4 is 34.1 Å².